The quantitative estimate of drug-likeness (QED) is 0.734. The van der Waals surface area contributed by atoms with Gasteiger partial charge in [0.05, 0.1) is 21.3 Å². The third-order valence-electron chi connectivity index (χ3n) is 2.37. The van der Waals surface area contributed by atoms with Crippen LogP contribution in [0.2, 0.25) is 19.6 Å². The van der Waals surface area contributed by atoms with E-state index in [9.17, 15) is 0 Å². The minimum Gasteiger partial charge on any atom is -0.494 e. The molecule has 0 N–H and O–H groups in total. The van der Waals surface area contributed by atoms with Gasteiger partial charge in [0, 0.05) is 0 Å². The van der Waals surface area contributed by atoms with Crippen LogP contribution in [0.5, 0.6) is 11.5 Å². The molecule has 0 aliphatic carbocycles. The smallest absolute Gasteiger partial charge is 0.119 e. The molecule has 3 heteroatoms. The van der Waals surface area contributed by atoms with E-state index < -0.39 is 8.07 Å². The third kappa shape index (κ3) is 3.27. The summed E-state index contributed by atoms with van der Waals surface area (Å²) in [7, 11) is -1.38. The Morgan fingerprint density at radius 3 is 2.12 bits per heavy atom. The molecule has 16 heavy (non-hydrogen) atoms. The molecule has 0 spiro atoms. The van der Waals surface area contributed by atoms with Crippen molar-refractivity contribution in [2.45, 2.75) is 33.5 Å². The summed E-state index contributed by atoms with van der Waals surface area (Å²) >= 11 is 0. The standard InChI is InChI=1S/C13H22O2Si/c1-6-14-11-8-9-12(15-7-2)13(10-11)16(3,4)5/h8-10H,6-7H2,1-5H3. The second-order valence-corrected chi connectivity index (χ2v) is 9.81. The molecule has 1 rings (SSSR count). The van der Waals surface area contributed by atoms with Crippen LogP contribution in [0.3, 0.4) is 0 Å². The molecular formula is C13H22O2Si. The van der Waals surface area contributed by atoms with Crippen LogP contribution < -0.4 is 14.7 Å². The monoisotopic (exact) mass is 238 g/mol. The zero-order chi connectivity index (χ0) is 12.2. The van der Waals surface area contributed by atoms with E-state index in [0.717, 1.165) is 11.5 Å². The zero-order valence-corrected chi connectivity index (χ0v) is 12.0. The molecule has 0 saturated heterocycles. The highest BCUT2D eigenvalue weighted by molar-refractivity contribution is 6.89. The normalized spacial score (nSPS) is 11.3. The highest BCUT2D eigenvalue weighted by Gasteiger charge is 2.21. The van der Waals surface area contributed by atoms with Gasteiger partial charge in [0.15, 0.2) is 0 Å². The molecule has 0 unspecified atom stereocenters. The van der Waals surface area contributed by atoms with Crippen LogP contribution in [0.1, 0.15) is 13.8 Å². The van der Waals surface area contributed by atoms with Crippen LogP contribution >= 0.6 is 0 Å². The van der Waals surface area contributed by atoms with Crippen LogP contribution in [0.4, 0.5) is 0 Å². The van der Waals surface area contributed by atoms with Gasteiger partial charge in [-0.1, -0.05) is 19.6 Å². The van der Waals surface area contributed by atoms with Gasteiger partial charge in [0.2, 0.25) is 0 Å². The Morgan fingerprint density at radius 1 is 1.00 bits per heavy atom. The van der Waals surface area contributed by atoms with E-state index in [1.807, 2.05) is 26.0 Å². The Kier molecular flexibility index (Phi) is 4.41. The van der Waals surface area contributed by atoms with Gasteiger partial charge >= 0.3 is 0 Å². The van der Waals surface area contributed by atoms with E-state index in [1.54, 1.807) is 0 Å². The molecule has 1 aromatic carbocycles. The molecule has 0 amide bonds. The highest BCUT2D eigenvalue weighted by atomic mass is 28.3. The summed E-state index contributed by atoms with van der Waals surface area (Å²) in [5.74, 6) is 1.97. The fraction of sp³-hybridized carbons (Fsp3) is 0.538. The predicted octanol–water partition coefficient (Wildman–Crippen LogP) is 3.03. The zero-order valence-electron chi connectivity index (χ0n) is 11.0. The number of hydrogen-bond acceptors (Lipinski definition) is 2. The maximum absolute atomic E-state index is 5.68. The van der Waals surface area contributed by atoms with Crippen LogP contribution in [-0.2, 0) is 0 Å². The topological polar surface area (TPSA) is 18.5 Å². The average molecular weight is 238 g/mol. The van der Waals surface area contributed by atoms with Crippen LogP contribution in [0.25, 0.3) is 0 Å². The van der Waals surface area contributed by atoms with E-state index in [0.29, 0.717) is 13.2 Å². The Bertz CT molecular complexity index is 342. The summed E-state index contributed by atoms with van der Waals surface area (Å²) < 4.78 is 11.2. The summed E-state index contributed by atoms with van der Waals surface area (Å²) in [5.41, 5.74) is 0. The molecule has 90 valence electrons. The van der Waals surface area contributed by atoms with Gasteiger partial charge in [-0.05, 0) is 37.2 Å². The summed E-state index contributed by atoms with van der Waals surface area (Å²) in [6.45, 7) is 12.4. The van der Waals surface area contributed by atoms with Crippen molar-refractivity contribution in [2.24, 2.45) is 0 Å². The number of benzene rings is 1. The van der Waals surface area contributed by atoms with Gasteiger partial charge < -0.3 is 9.47 Å². The first-order chi connectivity index (χ1) is 7.49. The van der Waals surface area contributed by atoms with Gasteiger partial charge in [-0.15, -0.1) is 0 Å². The van der Waals surface area contributed by atoms with Crippen molar-refractivity contribution >= 4 is 13.3 Å². The lowest BCUT2D eigenvalue weighted by Gasteiger charge is -2.21. The SMILES string of the molecule is CCOc1ccc(OCC)c([Si](C)(C)C)c1. The Morgan fingerprint density at radius 2 is 1.62 bits per heavy atom. The van der Waals surface area contributed by atoms with Crippen LogP contribution in [-0.4, -0.2) is 21.3 Å². The summed E-state index contributed by atoms with van der Waals surface area (Å²) in [6, 6.07) is 6.15. The molecule has 0 radical (unpaired) electrons. The molecule has 0 heterocycles. The first kappa shape index (κ1) is 13.1. The lowest BCUT2D eigenvalue weighted by molar-refractivity contribution is 0.332. The largest absolute Gasteiger partial charge is 0.494 e. The van der Waals surface area contributed by atoms with E-state index in [1.165, 1.54) is 5.19 Å². The van der Waals surface area contributed by atoms with Gasteiger partial charge in [-0.3, -0.25) is 0 Å². The molecule has 0 bridgehead atoms. The molecule has 0 aliphatic heterocycles. The van der Waals surface area contributed by atoms with Crippen molar-refractivity contribution in [3.05, 3.63) is 18.2 Å². The Labute approximate surface area is 99.6 Å². The average Bonchev–Trinajstić information content (AvgIpc) is 2.19. The van der Waals surface area contributed by atoms with E-state index in [4.69, 9.17) is 9.47 Å². The van der Waals surface area contributed by atoms with Gasteiger partial charge in [0.25, 0.3) is 0 Å². The van der Waals surface area contributed by atoms with E-state index in [-0.39, 0.29) is 0 Å². The Hall–Kier alpha value is -0.963. The number of hydrogen-bond donors (Lipinski definition) is 0. The minimum absolute atomic E-state index is 0.707. The Balaban J connectivity index is 3.11. The van der Waals surface area contributed by atoms with Crippen molar-refractivity contribution in [1.82, 2.24) is 0 Å². The first-order valence-corrected chi connectivity index (χ1v) is 9.39. The van der Waals surface area contributed by atoms with Crippen LogP contribution in [0, 0.1) is 0 Å². The summed E-state index contributed by atoms with van der Waals surface area (Å²) in [6.07, 6.45) is 0. The second kappa shape index (κ2) is 5.39. The second-order valence-electron chi connectivity index (χ2n) is 4.77. The van der Waals surface area contributed by atoms with E-state index in [2.05, 4.69) is 25.7 Å². The molecule has 0 aromatic heterocycles. The maximum Gasteiger partial charge on any atom is 0.119 e. The number of ether oxygens (including phenoxy) is 2. The van der Waals surface area contributed by atoms with Crippen molar-refractivity contribution in [1.29, 1.82) is 0 Å². The molecule has 2 nitrogen and oxygen atoms in total. The molecule has 0 aliphatic rings. The lowest BCUT2D eigenvalue weighted by atomic mass is 10.3. The van der Waals surface area contributed by atoms with Crippen molar-refractivity contribution < 1.29 is 9.47 Å². The molecule has 0 saturated carbocycles. The predicted molar refractivity (Wildman–Crippen MR) is 71.8 cm³/mol. The molecule has 0 atom stereocenters. The first-order valence-electron chi connectivity index (χ1n) is 5.89. The van der Waals surface area contributed by atoms with Crippen molar-refractivity contribution in [2.75, 3.05) is 13.2 Å². The fourth-order valence-electron chi connectivity index (χ4n) is 1.63. The fourth-order valence-corrected chi connectivity index (χ4v) is 3.10. The lowest BCUT2D eigenvalue weighted by Crippen LogP contribution is -2.38. The summed E-state index contributed by atoms with van der Waals surface area (Å²) in [5, 5.41) is 1.33. The minimum atomic E-state index is -1.38. The van der Waals surface area contributed by atoms with Gasteiger partial charge in [-0.2, -0.15) is 0 Å². The van der Waals surface area contributed by atoms with Crippen molar-refractivity contribution in [3.63, 3.8) is 0 Å². The molecular weight excluding hydrogens is 216 g/mol. The molecule has 0 fully saturated rings. The van der Waals surface area contributed by atoms with Crippen LogP contribution in [0.15, 0.2) is 18.2 Å². The number of rotatable bonds is 5. The van der Waals surface area contributed by atoms with Gasteiger partial charge in [0.1, 0.15) is 11.5 Å². The van der Waals surface area contributed by atoms with E-state index >= 15 is 0 Å². The third-order valence-corrected chi connectivity index (χ3v) is 4.38. The van der Waals surface area contributed by atoms with Crippen molar-refractivity contribution in [3.8, 4) is 11.5 Å². The maximum atomic E-state index is 5.68. The summed E-state index contributed by atoms with van der Waals surface area (Å²) in [4.78, 5) is 0. The molecule has 1 aromatic rings. The highest BCUT2D eigenvalue weighted by Crippen LogP contribution is 2.20. The van der Waals surface area contributed by atoms with Gasteiger partial charge in [-0.25, -0.2) is 0 Å².